The fourth-order valence-electron chi connectivity index (χ4n) is 3.92. The van der Waals surface area contributed by atoms with Crippen molar-refractivity contribution >= 4 is 23.6 Å². The van der Waals surface area contributed by atoms with Crippen molar-refractivity contribution in [3.05, 3.63) is 47.4 Å². The molecule has 0 aromatic carbocycles. The highest BCUT2D eigenvalue weighted by Crippen LogP contribution is 2.47. The third-order valence-electron chi connectivity index (χ3n) is 5.27. The Balaban J connectivity index is 1.72. The normalized spacial score (nSPS) is 31.2. The molecule has 0 bridgehead atoms. The molecule has 4 nitrogen and oxygen atoms in total. The first kappa shape index (κ1) is 18.1. The monoisotopic (exact) mass is 359 g/mol. The summed E-state index contributed by atoms with van der Waals surface area (Å²) >= 11 is 1.57. The number of aliphatic hydroxyl groups is 1. The molecule has 134 valence electrons. The maximum absolute atomic E-state index is 9.65. The van der Waals surface area contributed by atoms with Crippen LogP contribution in [0.25, 0.3) is 0 Å². The van der Waals surface area contributed by atoms with E-state index in [1.807, 2.05) is 0 Å². The van der Waals surface area contributed by atoms with Crippen molar-refractivity contribution < 1.29 is 14.8 Å². The average Bonchev–Trinajstić information content (AvgIpc) is 2.88. The van der Waals surface area contributed by atoms with Gasteiger partial charge in [0.15, 0.2) is 12.4 Å². The van der Waals surface area contributed by atoms with E-state index in [2.05, 4.69) is 43.3 Å². The van der Waals surface area contributed by atoms with Gasteiger partial charge in [-0.1, -0.05) is 50.3 Å². The molecular formula is C20H27N2O2S+. The smallest absolute Gasteiger partial charge is 0.371 e. The molecule has 3 aliphatic rings. The van der Waals surface area contributed by atoms with Crippen LogP contribution in [0.3, 0.4) is 0 Å². The Kier molecular flexibility index (Phi) is 5.23. The van der Waals surface area contributed by atoms with Crippen LogP contribution in [0.15, 0.2) is 47.4 Å². The number of fused-ring (bicyclic) bond motifs is 1. The van der Waals surface area contributed by atoms with E-state index in [1.54, 1.807) is 11.8 Å². The van der Waals surface area contributed by atoms with E-state index in [4.69, 9.17) is 10.1 Å². The number of rotatable bonds is 6. The molecule has 0 amide bonds. The van der Waals surface area contributed by atoms with Gasteiger partial charge in [0.05, 0.1) is 11.2 Å². The fraction of sp³-hybridized carbons (Fsp3) is 0.500. The Hall–Kier alpha value is -1.75. The maximum Gasteiger partial charge on any atom is 0.371 e. The van der Waals surface area contributed by atoms with Gasteiger partial charge in [-0.25, -0.2) is 4.99 Å². The summed E-state index contributed by atoms with van der Waals surface area (Å²) in [6, 6.07) is 0. The zero-order chi connectivity index (χ0) is 18.0. The molecular weight excluding hydrogens is 332 g/mol. The van der Waals surface area contributed by atoms with E-state index < -0.39 is 0 Å². The summed E-state index contributed by atoms with van der Waals surface area (Å²) in [4.78, 5) is 3.65. The summed E-state index contributed by atoms with van der Waals surface area (Å²) in [5, 5.41) is 18.1. The number of ether oxygens (including phenoxy) is 1. The standard InChI is InChI=1S/C20H26N2O2S/c1-4-10-20(16-8-6-5-7-15(16)18(21)24-20)11-9-13(2)17-12-22-19(23)14(3)25-17/h5-6,8,15,17,21H,2-4,7,9-12H2,1H3,(H,22,23)/p+1. The number of nitrogens with one attached hydrogen (secondary N) is 2. The number of allylic oxidation sites excluding steroid dienone is 3. The third-order valence-corrected chi connectivity index (χ3v) is 6.53. The molecule has 1 fully saturated rings. The topological polar surface area (TPSA) is 67.3 Å². The molecule has 0 radical (unpaired) electrons. The number of aliphatic hydroxyl groups excluding tert-OH is 1. The molecule has 3 rings (SSSR count). The maximum atomic E-state index is 9.65. The lowest BCUT2D eigenvalue weighted by Crippen LogP contribution is -2.77. The number of hydrogen-bond donors (Lipinski definition) is 3. The highest BCUT2D eigenvalue weighted by Gasteiger charge is 2.48. The molecule has 0 aromatic heterocycles. The van der Waals surface area contributed by atoms with Gasteiger partial charge in [0.2, 0.25) is 0 Å². The predicted octanol–water partition coefficient (Wildman–Crippen LogP) is 3.04. The molecule has 3 atom stereocenters. The zero-order valence-corrected chi connectivity index (χ0v) is 15.6. The van der Waals surface area contributed by atoms with Crippen molar-refractivity contribution in [2.75, 3.05) is 6.54 Å². The lowest BCUT2D eigenvalue weighted by atomic mass is 9.77. The second-order valence-corrected chi connectivity index (χ2v) is 8.26. The van der Waals surface area contributed by atoms with E-state index in [0.29, 0.717) is 17.3 Å². The average molecular weight is 360 g/mol. The van der Waals surface area contributed by atoms with E-state index in [9.17, 15) is 5.11 Å². The minimum absolute atomic E-state index is 0.113. The fourth-order valence-corrected chi connectivity index (χ4v) is 4.89. The van der Waals surface area contributed by atoms with Gasteiger partial charge in [-0.05, 0) is 31.3 Å². The Morgan fingerprint density at radius 3 is 3.04 bits per heavy atom. The van der Waals surface area contributed by atoms with Crippen LogP contribution in [0.2, 0.25) is 0 Å². The SMILES string of the molecule is C=C1SC(C(=C)CCC2(CCC)OC(=N)C3CC=CC=C32)C[NH+]=C1O. The minimum Gasteiger partial charge on any atom is -0.470 e. The van der Waals surface area contributed by atoms with Crippen LogP contribution in [0.4, 0.5) is 0 Å². The van der Waals surface area contributed by atoms with E-state index in [1.165, 1.54) is 5.57 Å². The largest absolute Gasteiger partial charge is 0.470 e. The highest BCUT2D eigenvalue weighted by atomic mass is 32.2. The van der Waals surface area contributed by atoms with Gasteiger partial charge in [0.25, 0.3) is 0 Å². The Bertz CT molecular complexity index is 692. The highest BCUT2D eigenvalue weighted by molar-refractivity contribution is 8.04. The molecule has 3 N–H and O–H groups in total. The van der Waals surface area contributed by atoms with Gasteiger partial charge in [-0.2, -0.15) is 0 Å². The van der Waals surface area contributed by atoms with Crippen LogP contribution in [0, 0.1) is 11.3 Å². The van der Waals surface area contributed by atoms with Gasteiger partial charge in [0, 0.05) is 0 Å². The second-order valence-electron chi connectivity index (χ2n) is 6.97. The van der Waals surface area contributed by atoms with Crippen molar-refractivity contribution in [3.8, 4) is 0 Å². The van der Waals surface area contributed by atoms with Gasteiger partial charge in [-0.15, -0.1) is 11.8 Å². The van der Waals surface area contributed by atoms with Crippen LogP contribution in [-0.2, 0) is 4.74 Å². The Morgan fingerprint density at radius 2 is 2.32 bits per heavy atom. The van der Waals surface area contributed by atoms with Gasteiger partial charge >= 0.3 is 5.90 Å². The van der Waals surface area contributed by atoms with E-state index in [0.717, 1.165) is 37.7 Å². The van der Waals surface area contributed by atoms with Crippen molar-refractivity contribution in [1.29, 1.82) is 5.41 Å². The van der Waals surface area contributed by atoms with E-state index >= 15 is 0 Å². The summed E-state index contributed by atoms with van der Waals surface area (Å²) < 4.78 is 6.16. The number of hydrogen-bond acceptors (Lipinski definition) is 3. The molecule has 2 heterocycles. The molecule has 1 aliphatic carbocycles. The van der Waals surface area contributed by atoms with Crippen LogP contribution in [0.1, 0.15) is 39.0 Å². The molecule has 2 aliphatic heterocycles. The second kappa shape index (κ2) is 7.24. The van der Waals surface area contributed by atoms with Gasteiger partial charge in [0.1, 0.15) is 10.5 Å². The molecule has 0 aromatic rings. The Morgan fingerprint density at radius 1 is 1.52 bits per heavy atom. The molecule has 5 heteroatoms. The van der Waals surface area contributed by atoms with Crippen molar-refractivity contribution in [1.82, 2.24) is 0 Å². The lowest BCUT2D eigenvalue weighted by Gasteiger charge is -2.31. The summed E-state index contributed by atoms with van der Waals surface area (Å²) in [7, 11) is 0. The first-order valence-electron chi connectivity index (χ1n) is 8.95. The molecule has 0 saturated carbocycles. The summed E-state index contributed by atoms with van der Waals surface area (Å²) in [6.45, 7) is 11.0. The van der Waals surface area contributed by atoms with E-state index in [-0.39, 0.29) is 22.7 Å². The predicted molar refractivity (Wildman–Crippen MR) is 104 cm³/mol. The first-order chi connectivity index (χ1) is 12.0. The molecule has 1 saturated heterocycles. The first-order valence-corrected chi connectivity index (χ1v) is 9.83. The molecule has 3 unspecified atom stereocenters. The lowest BCUT2D eigenvalue weighted by molar-refractivity contribution is -0.464. The zero-order valence-electron chi connectivity index (χ0n) is 14.8. The third kappa shape index (κ3) is 3.47. The summed E-state index contributed by atoms with van der Waals surface area (Å²) in [5.74, 6) is 0.698. The summed E-state index contributed by atoms with van der Waals surface area (Å²) in [5.41, 5.74) is 2.04. The van der Waals surface area contributed by atoms with Crippen LogP contribution >= 0.6 is 11.8 Å². The van der Waals surface area contributed by atoms with Crippen LogP contribution in [-0.4, -0.2) is 34.3 Å². The molecule has 0 spiro atoms. The number of thioether (sulfide) groups is 1. The van der Waals surface area contributed by atoms with Crippen LogP contribution < -0.4 is 4.99 Å². The van der Waals surface area contributed by atoms with Crippen molar-refractivity contribution in [3.63, 3.8) is 0 Å². The van der Waals surface area contributed by atoms with Crippen molar-refractivity contribution in [2.24, 2.45) is 5.92 Å². The van der Waals surface area contributed by atoms with Crippen LogP contribution in [0.5, 0.6) is 0 Å². The summed E-state index contributed by atoms with van der Waals surface area (Å²) in [6.07, 6.45) is 10.9. The molecule has 25 heavy (non-hydrogen) atoms. The van der Waals surface area contributed by atoms with Crippen molar-refractivity contribution in [2.45, 2.75) is 49.9 Å². The van der Waals surface area contributed by atoms with Gasteiger partial charge < -0.3 is 9.84 Å². The minimum atomic E-state index is -0.359. The Labute approximate surface area is 154 Å². The quantitative estimate of drug-likeness (QED) is 0.639. The van der Waals surface area contributed by atoms with Gasteiger partial charge in [-0.3, -0.25) is 5.41 Å².